The van der Waals surface area contributed by atoms with Crippen LogP contribution in [0.4, 0.5) is 4.39 Å². The summed E-state index contributed by atoms with van der Waals surface area (Å²) in [5, 5.41) is 10.9. The van der Waals surface area contributed by atoms with Crippen molar-refractivity contribution >= 4 is 22.1 Å². The van der Waals surface area contributed by atoms with Crippen molar-refractivity contribution in [1.82, 2.24) is 35.5 Å². The van der Waals surface area contributed by atoms with Crippen LogP contribution < -0.4 is 10.1 Å². The summed E-state index contributed by atoms with van der Waals surface area (Å²) >= 11 is 0. The largest absolute Gasteiger partial charge is 0.489 e. The Bertz CT molecular complexity index is 1770. The average molecular weight is 506 g/mol. The van der Waals surface area contributed by atoms with Crippen LogP contribution in [0.1, 0.15) is 12.8 Å². The van der Waals surface area contributed by atoms with Crippen molar-refractivity contribution in [3.8, 4) is 39.7 Å². The first-order chi connectivity index (χ1) is 18.7. The van der Waals surface area contributed by atoms with Crippen LogP contribution in [0.2, 0.25) is 0 Å². The quantitative estimate of drug-likeness (QED) is 0.286. The van der Waals surface area contributed by atoms with Gasteiger partial charge in [-0.15, -0.1) is 0 Å². The van der Waals surface area contributed by atoms with Gasteiger partial charge in [-0.2, -0.15) is 5.10 Å². The molecule has 6 aromatic rings. The maximum absolute atomic E-state index is 13.9. The number of piperidine rings is 1. The molecule has 0 radical (unpaired) electrons. The molecule has 188 valence electrons. The number of hydrogen-bond donors (Lipinski definition) is 3. The third-order valence-corrected chi connectivity index (χ3v) is 6.88. The van der Waals surface area contributed by atoms with E-state index in [2.05, 4.69) is 25.5 Å². The summed E-state index contributed by atoms with van der Waals surface area (Å²) in [4.78, 5) is 17.5. The van der Waals surface area contributed by atoms with E-state index in [1.165, 1.54) is 12.1 Å². The van der Waals surface area contributed by atoms with Gasteiger partial charge in [0.2, 0.25) is 0 Å². The number of fused-ring (bicyclic) bond motifs is 2. The second-order valence-electron chi connectivity index (χ2n) is 9.44. The Morgan fingerprint density at radius 3 is 2.63 bits per heavy atom. The molecule has 2 aromatic carbocycles. The van der Waals surface area contributed by atoms with Gasteiger partial charge in [-0.25, -0.2) is 14.4 Å². The summed E-state index contributed by atoms with van der Waals surface area (Å²) in [5.41, 5.74) is 6.91. The van der Waals surface area contributed by atoms with Crippen molar-refractivity contribution in [1.29, 1.82) is 0 Å². The number of imidazole rings is 1. The number of benzene rings is 2. The van der Waals surface area contributed by atoms with E-state index in [4.69, 9.17) is 14.7 Å². The van der Waals surface area contributed by atoms with Gasteiger partial charge < -0.3 is 15.0 Å². The lowest BCUT2D eigenvalue weighted by Gasteiger charge is -2.23. The highest BCUT2D eigenvalue weighted by Crippen LogP contribution is 2.32. The number of H-pyrrole nitrogens is 2. The van der Waals surface area contributed by atoms with Gasteiger partial charge in [-0.05, 0) is 67.9 Å². The van der Waals surface area contributed by atoms with Crippen molar-refractivity contribution in [2.24, 2.45) is 0 Å². The fourth-order valence-corrected chi connectivity index (χ4v) is 4.99. The maximum atomic E-state index is 13.9. The summed E-state index contributed by atoms with van der Waals surface area (Å²) < 4.78 is 20.1. The summed E-state index contributed by atoms with van der Waals surface area (Å²) in [7, 11) is 0. The van der Waals surface area contributed by atoms with Gasteiger partial charge in [-0.3, -0.25) is 10.1 Å². The summed E-state index contributed by atoms with van der Waals surface area (Å²) in [6.07, 6.45) is 5.68. The van der Waals surface area contributed by atoms with Crippen LogP contribution in [-0.4, -0.2) is 49.3 Å². The fourth-order valence-electron chi connectivity index (χ4n) is 4.99. The summed E-state index contributed by atoms with van der Waals surface area (Å²) in [5.74, 6) is 1.04. The molecule has 0 saturated carbocycles. The molecule has 0 amide bonds. The lowest BCUT2D eigenvalue weighted by atomic mass is 10.0. The Morgan fingerprint density at radius 1 is 0.842 bits per heavy atom. The van der Waals surface area contributed by atoms with E-state index in [1.54, 1.807) is 18.5 Å². The van der Waals surface area contributed by atoms with Crippen LogP contribution in [0.5, 0.6) is 5.75 Å². The van der Waals surface area contributed by atoms with Crippen molar-refractivity contribution in [2.75, 3.05) is 13.1 Å². The number of nitrogens with zero attached hydrogens (tertiary/aromatic N) is 4. The first-order valence-corrected chi connectivity index (χ1v) is 12.6. The molecule has 8 nitrogen and oxygen atoms in total. The Balaban J connectivity index is 1.26. The Labute approximate surface area is 217 Å². The molecule has 4 aromatic heterocycles. The zero-order valence-corrected chi connectivity index (χ0v) is 20.4. The fraction of sp³-hybridized carbons (Fsp3) is 0.172. The molecule has 1 fully saturated rings. The van der Waals surface area contributed by atoms with Crippen LogP contribution in [0.15, 0.2) is 73.1 Å². The normalized spacial score (nSPS) is 14.3. The van der Waals surface area contributed by atoms with E-state index < -0.39 is 0 Å². The van der Waals surface area contributed by atoms with Gasteiger partial charge in [0, 0.05) is 17.3 Å². The van der Waals surface area contributed by atoms with Gasteiger partial charge in [0.1, 0.15) is 23.2 Å². The molecule has 9 heteroatoms. The molecular formula is C29H24FN7O. The maximum Gasteiger partial charge on any atom is 0.161 e. The third-order valence-electron chi connectivity index (χ3n) is 6.88. The smallest absolute Gasteiger partial charge is 0.161 e. The van der Waals surface area contributed by atoms with E-state index in [9.17, 15) is 4.39 Å². The number of para-hydroxylation sites is 1. The average Bonchev–Trinajstić information content (AvgIpc) is 3.57. The molecule has 0 unspecified atom stereocenters. The van der Waals surface area contributed by atoms with E-state index >= 15 is 0 Å². The molecule has 0 bridgehead atoms. The predicted molar refractivity (Wildman–Crippen MR) is 144 cm³/mol. The minimum atomic E-state index is -0.287. The standard InChI is InChI=1S/C29H24FN7O/c30-19-4-1-3-17(13-19)22-5-2-6-24-26(22)35-29(34-24)28-27-25(36-37-28)8-7-23(33-27)18-14-21(16-32-15-18)38-20-9-11-31-12-10-20/h1-8,13-16,20,31H,9-12H2,(H,34,35)(H,36,37). The number of nitrogens with one attached hydrogen (secondary N) is 3. The van der Waals surface area contributed by atoms with Gasteiger partial charge in [0.05, 0.1) is 28.4 Å². The molecule has 1 aliphatic heterocycles. The van der Waals surface area contributed by atoms with Crippen LogP contribution in [-0.2, 0) is 0 Å². The van der Waals surface area contributed by atoms with Crippen LogP contribution in [0.25, 0.3) is 56.0 Å². The van der Waals surface area contributed by atoms with Gasteiger partial charge in [-0.1, -0.05) is 24.3 Å². The summed E-state index contributed by atoms with van der Waals surface area (Å²) in [6, 6.07) is 18.2. The number of pyridine rings is 2. The van der Waals surface area contributed by atoms with E-state index in [-0.39, 0.29) is 11.9 Å². The number of aromatic nitrogens is 6. The molecule has 5 heterocycles. The SMILES string of the molecule is Fc1cccc(-c2cccc3[nH]c(-c4n[nH]c5ccc(-c6cncc(OC7CCNCC7)c6)nc45)nc23)c1. The molecule has 1 aliphatic rings. The predicted octanol–water partition coefficient (Wildman–Crippen LogP) is 5.50. The minimum absolute atomic E-state index is 0.189. The molecule has 7 rings (SSSR count). The van der Waals surface area contributed by atoms with Crippen molar-refractivity contribution in [2.45, 2.75) is 18.9 Å². The second kappa shape index (κ2) is 9.35. The number of ether oxygens (including phenoxy) is 1. The van der Waals surface area contributed by atoms with Crippen molar-refractivity contribution in [3.63, 3.8) is 0 Å². The highest BCUT2D eigenvalue weighted by atomic mass is 19.1. The van der Waals surface area contributed by atoms with Gasteiger partial charge in [0.15, 0.2) is 11.5 Å². The zero-order valence-electron chi connectivity index (χ0n) is 20.4. The Hall–Kier alpha value is -4.63. The monoisotopic (exact) mass is 505 g/mol. The van der Waals surface area contributed by atoms with E-state index in [0.29, 0.717) is 17.0 Å². The lowest BCUT2D eigenvalue weighted by molar-refractivity contribution is 0.162. The molecule has 1 saturated heterocycles. The van der Waals surface area contributed by atoms with Crippen molar-refractivity contribution < 1.29 is 9.13 Å². The van der Waals surface area contributed by atoms with E-state index in [0.717, 1.165) is 70.6 Å². The first-order valence-electron chi connectivity index (χ1n) is 12.6. The molecular weight excluding hydrogens is 481 g/mol. The van der Waals surface area contributed by atoms with Crippen molar-refractivity contribution in [3.05, 3.63) is 78.9 Å². The van der Waals surface area contributed by atoms with Crippen LogP contribution in [0.3, 0.4) is 0 Å². The molecule has 0 aliphatic carbocycles. The summed E-state index contributed by atoms with van der Waals surface area (Å²) in [6.45, 7) is 1.93. The number of aromatic amines is 2. The number of rotatable bonds is 5. The topological polar surface area (TPSA) is 104 Å². The molecule has 3 N–H and O–H groups in total. The minimum Gasteiger partial charge on any atom is -0.489 e. The van der Waals surface area contributed by atoms with E-state index in [1.807, 2.05) is 42.5 Å². The highest BCUT2D eigenvalue weighted by Gasteiger charge is 2.18. The Morgan fingerprint density at radius 2 is 1.74 bits per heavy atom. The van der Waals surface area contributed by atoms with Crippen LogP contribution in [0, 0.1) is 5.82 Å². The lowest BCUT2D eigenvalue weighted by Crippen LogP contribution is -2.34. The number of halogens is 1. The van der Waals surface area contributed by atoms with Gasteiger partial charge >= 0.3 is 0 Å². The third kappa shape index (κ3) is 4.16. The first kappa shape index (κ1) is 22.6. The number of hydrogen-bond acceptors (Lipinski definition) is 6. The van der Waals surface area contributed by atoms with Gasteiger partial charge in [0.25, 0.3) is 0 Å². The molecule has 38 heavy (non-hydrogen) atoms. The second-order valence-corrected chi connectivity index (χ2v) is 9.44. The molecule has 0 atom stereocenters. The van der Waals surface area contributed by atoms with Crippen LogP contribution >= 0.6 is 0 Å². The zero-order chi connectivity index (χ0) is 25.5. The Kier molecular flexibility index (Phi) is 5.55. The molecule has 0 spiro atoms. The highest BCUT2D eigenvalue weighted by molar-refractivity contribution is 5.96.